The summed E-state index contributed by atoms with van der Waals surface area (Å²) in [5.41, 5.74) is 0.942. The zero-order valence-corrected chi connectivity index (χ0v) is 13.2. The molecule has 1 aliphatic heterocycles. The minimum Gasteiger partial charge on any atom is -0.339 e. The number of hydrogen-bond donors (Lipinski definition) is 0. The Balaban J connectivity index is 1.98. The summed E-state index contributed by atoms with van der Waals surface area (Å²) >= 11 is 0. The molecule has 5 nitrogen and oxygen atoms in total. The molecular formula is C16H23N3O2. The monoisotopic (exact) mass is 289 g/mol. The molecule has 1 saturated heterocycles. The van der Waals surface area contributed by atoms with Crippen LogP contribution in [0.4, 0.5) is 0 Å². The lowest BCUT2D eigenvalue weighted by Gasteiger charge is -2.37. The minimum absolute atomic E-state index is 0.0541. The van der Waals surface area contributed by atoms with Crippen molar-refractivity contribution in [2.45, 2.75) is 27.7 Å². The second-order valence-corrected chi connectivity index (χ2v) is 6.50. The Kier molecular flexibility index (Phi) is 4.30. The van der Waals surface area contributed by atoms with E-state index in [1.807, 2.05) is 44.7 Å². The first kappa shape index (κ1) is 15.5. The molecule has 1 aromatic heterocycles. The first-order chi connectivity index (χ1) is 9.79. The third-order valence-electron chi connectivity index (χ3n) is 3.60. The highest BCUT2D eigenvalue weighted by Crippen LogP contribution is 2.19. The second-order valence-electron chi connectivity index (χ2n) is 6.50. The summed E-state index contributed by atoms with van der Waals surface area (Å²) in [7, 11) is 0. The molecule has 0 spiro atoms. The molecule has 0 saturated carbocycles. The maximum atomic E-state index is 12.4. The van der Waals surface area contributed by atoms with E-state index in [1.54, 1.807) is 11.0 Å². The molecule has 114 valence electrons. The van der Waals surface area contributed by atoms with Gasteiger partial charge in [0, 0.05) is 37.3 Å². The van der Waals surface area contributed by atoms with E-state index in [9.17, 15) is 9.59 Å². The normalized spacial score (nSPS) is 16.0. The Morgan fingerprint density at radius 2 is 1.62 bits per heavy atom. The van der Waals surface area contributed by atoms with E-state index in [-0.39, 0.29) is 17.2 Å². The summed E-state index contributed by atoms with van der Waals surface area (Å²) in [5.74, 6) is 0.0878. The number of piperazine rings is 1. The summed E-state index contributed by atoms with van der Waals surface area (Å²) in [5, 5.41) is 0. The fourth-order valence-corrected chi connectivity index (χ4v) is 2.41. The SMILES string of the molecule is Cc1cccc(C(=O)N2CCN(C(=O)C(C)(C)C)CC2)n1. The zero-order chi connectivity index (χ0) is 15.6. The van der Waals surface area contributed by atoms with Gasteiger partial charge in [-0.15, -0.1) is 0 Å². The maximum absolute atomic E-state index is 12.4. The van der Waals surface area contributed by atoms with Gasteiger partial charge in [0.15, 0.2) is 0 Å². The van der Waals surface area contributed by atoms with Gasteiger partial charge < -0.3 is 9.80 Å². The number of aromatic nitrogens is 1. The van der Waals surface area contributed by atoms with Gasteiger partial charge >= 0.3 is 0 Å². The van der Waals surface area contributed by atoms with Gasteiger partial charge in [-0.25, -0.2) is 4.98 Å². The first-order valence-corrected chi connectivity index (χ1v) is 7.31. The highest BCUT2D eigenvalue weighted by Gasteiger charge is 2.31. The number of rotatable bonds is 1. The maximum Gasteiger partial charge on any atom is 0.272 e. The van der Waals surface area contributed by atoms with Crippen molar-refractivity contribution in [2.75, 3.05) is 26.2 Å². The summed E-state index contributed by atoms with van der Waals surface area (Å²) in [6, 6.07) is 5.45. The molecule has 0 aromatic carbocycles. The van der Waals surface area contributed by atoms with E-state index >= 15 is 0 Å². The fourth-order valence-electron chi connectivity index (χ4n) is 2.41. The van der Waals surface area contributed by atoms with Crippen LogP contribution in [-0.4, -0.2) is 52.8 Å². The van der Waals surface area contributed by atoms with E-state index < -0.39 is 0 Å². The van der Waals surface area contributed by atoms with E-state index in [0.29, 0.717) is 31.9 Å². The largest absolute Gasteiger partial charge is 0.339 e. The van der Waals surface area contributed by atoms with Crippen molar-refractivity contribution in [3.8, 4) is 0 Å². The molecule has 21 heavy (non-hydrogen) atoms. The van der Waals surface area contributed by atoms with Crippen molar-refractivity contribution in [3.63, 3.8) is 0 Å². The molecule has 2 heterocycles. The first-order valence-electron chi connectivity index (χ1n) is 7.31. The predicted octanol–water partition coefficient (Wildman–Crippen LogP) is 1.72. The van der Waals surface area contributed by atoms with Gasteiger partial charge in [-0.05, 0) is 19.1 Å². The molecule has 5 heteroatoms. The average Bonchev–Trinajstić information content (AvgIpc) is 2.45. The average molecular weight is 289 g/mol. The number of carbonyl (C=O) groups is 2. The van der Waals surface area contributed by atoms with Crippen LogP contribution in [-0.2, 0) is 4.79 Å². The molecule has 2 rings (SSSR count). The van der Waals surface area contributed by atoms with E-state index in [4.69, 9.17) is 0 Å². The summed E-state index contributed by atoms with van der Waals surface area (Å²) in [6.07, 6.45) is 0. The zero-order valence-electron chi connectivity index (χ0n) is 13.2. The molecule has 1 aliphatic rings. The van der Waals surface area contributed by atoms with Crippen molar-refractivity contribution < 1.29 is 9.59 Å². The second kappa shape index (κ2) is 5.84. The summed E-state index contributed by atoms with van der Waals surface area (Å²) in [4.78, 5) is 32.5. The van der Waals surface area contributed by atoms with Crippen LogP contribution in [0.5, 0.6) is 0 Å². The Hall–Kier alpha value is -1.91. The molecule has 0 unspecified atom stereocenters. The van der Waals surface area contributed by atoms with Crippen molar-refractivity contribution in [1.29, 1.82) is 0 Å². The predicted molar refractivity (Wildman–Crippen MR) is 80.9 cm³/mol. The van der Waals surface area contributed by atoms with Crippen LogP contribution in [0.3, 0.4) is 0 Å². The van der Waals surface area contributed by atoms with E-state index in [1.165, 1.54) is 0 Å². The highest BCUT2D eigenvalue weighted by atomic mass is 16.2. The van der Waals surface area contributed by atoms with Crippen molar-refractivity contribution in [1.82, 2.24) is 14.8 Å². The van der Waals surface area contributed by atoms with Gasteiger partial charge in [0.1, 0.15) is 5.69 Å². The van der Waals surface area contributed by atoms with Crippen LogP contribution in [0.15, 0.2) is 18.2 Å². The van der Waals surface area contributed by atoms with Crippen LogP contribution in [0.1, 0.15) is 37.0 Å². The molecule has 0 aliphatic carbocycles. The Bertz CT molecular complexity index is 541. The van der Waals surface area contributed by atoms with Crippen LogP contribution < -0.4 is 0 Å². The summed E-state index contributed by atoms with van der Waals surface area (Å²) in [6.45, 7) is 9.95. The standard InChI is InChI=1S/C16H23N3O2/c1-12-6-5-7-13(17-12)14(20)18-8-10-19(11-9-18)15(21)16(2,3)4/h5-7H,8-11H2,1-4H3. The lowest BCUT2D eigenvalue weighted by Crippen LogP contribution is -2.53. The third kappa shape index (κ3) is 3.60. The number of pyridine rings is 1. The number of carbonyl (C=O) groups excluding carboxylic acids is 2. The van der Waals surface area contributed by atoms with Crippen LogP contribution >= 0.6 is 0 Å². The van der Waals surface area contributed by atoms with Gasteiger partial charge in [-0.3, -0.25) is 9.59 Å². The van der Waals surface area contributed by atoms with Crippen molar-refractivity contribution >= 4 is 11.8 Å². The van der Waals surface area contributed by atoms with Gasteiger partial charge in [-0.2, -0.15) is 0 Å². The highest BCUT2D eigenvalue weighted by molar-refractivity contribution is 5.92. The van der Waals surface area contributed by atoms with E-state index in [0.717, 1.165) is 5.69 Å². The van der Waals surface area contributed by atoms with Gasteiger partial charge in [0.05, 0.1) is 0 Å². The van der Waals surface area contributed by atoms with Gasteiger partial charge in [0.2, 0.25) is 5.91 Å². The van der Waals surface area contributed by atoms with Crippen LogP contribution in [0.2, 0.25) is 0 Å². The molecule has 1 aromatic rings. The van der Waals surface area contributed by atoms with E-state index in [2.05, 4.69) is 4.98 Å². The third-order valence-corrected chi connectivity index (χ3v) is 3.60. The Labute approximate surface area is 126 Å². The molecule has 0 bridgehead atoms. The number of amides is 2. The molecule has 0 radical (unpaired) electrons. The van der Waals surface area contributed by atoms with Gasteiger partial charge in [-0.1, -0.05) is 26.8 Å². The lowest BCUT2D eigenvalue weighted by atomic mass is 9.94. The fraction of sp³-hybridized carbons (Fsp3) is 0.562. The Morgan fingerprint density at radius 3 is 2.14 bits per heavy atom. The van der Waals surface area contributed by atoms with Crippen molar-refractivity contribution in [2.24, 2.45) is 5.41 Å². The summed E-state index contributed by atoms with van der Waals surface area (Å²) < 4.78 is 0. The molecule has 0 atom stereocenters. The molecule has 0 N–H and O–H groups in total. The number of aryl methyl sites for hydroxylation is 1. The van der Waals surface area contributed by atoms with Crippen LogP contribution in [0, 0.1) is 12.3 Å². The number of hydrogen-bond acceptors (Lipinski definition) is 3. The topological polar surface area (TPSA) is 53.5 Å². The number of nitrogens with zero attached hydrogens (tertiary/aromatic N) is 3. The smallest absolute Gasteiger partial charge is 0.272 e. The lowest BCUT2D eigenvalue weighted by molar-refractivity contribution is -0.140. The molecule has 2 amide bonds. The van der Waals surface area contributed by atoms with Gasteiger partial charge in [0.25, 0.3) is 5.91 Å². The van der Waals surface area contributed by atoms with Crippen LogP contribution in [0.25, 0.3) is 0 Å². The van der Waals surface area contributed by atoms with Crippen molar-refractivity contribution in [3.05, 3.63) is 29.6 Å². The Morgan fingerprint density at radius 1 is 1.05 bits per heavy atom. The quantitative estimate of drug-likeness (QED) is 0.791. The molecular weight excluding hydrogens is 266 g/mol. The molecule has 1 fully saturated rings. The minimum atomic E-state index is -0.371.